The highest BCUT2D eigenvalue weighted by molar-refractivity contribution is 7.47. The summed E-state index contributed by atoms with van der Waals surface area (Å²) in [6.45, 7) is 5.88. The van der Waals surface area contributed by atoms with Crippen molar-refractivity contribution in [2.75, 3.05) is 13.2 Å². The number of H-pyrrole nitrogens is 2. The number of amides is 3. The van der Waals surface area contributed by atoms with E-state index in [4.69, 9.17) is 25.4 Å². The molecular formula is C45H59ClN5O8P. The van der Waals surface area contributed by atoms with E-state index >= 15 is 0 Å². The zero-order valence-corrected chi connectivity index (χ0v) is 36.4. The van der Waals surface area contributed by atoms with Crippen LogP contribution >= 0.6 is 19.4 Å². The summed E-state index contributed by atoms with van der Waals surface area (Å²) in [5.41, 5.74) is 2.82. The Balaban J connectivity index is 1.06. The second-order valence-corrected chi connectivity index (χ2v) is 17.8. The van der Waals surface area contributed by atoms with Crippen molar-refractivity contribution in [3.8, 4) is 5.75 Å². The first-order chi connectivity index (χ1) is 28.8. The molecule has 0 fully saturated rings. The van der Waals surface area contributed by atoms with Crippen LogP contribution in [-0.4, -0.2) is 63.6 Å². The van der Waals surface area contributed by atoms with Gasteiger partial charge in [0.2, 0.25) is 11.8 Å². The minimum Gasteiger partial charge on any atom is -0.444 e. The van der Waals surface area contributed by atoms with E-state index in [0.717, 1.165) is 90.7 Å². The topological polar surface area (TPSA) is 184 Å². The maximum Gasteiger partial charge on any atom is 0.527 e. The molecule has 13 nitrogen and oxygen atoms in total. The van der Waals surface area contributed by atoms with Crippen LogP contribution in [0.25, 0.3) is 21.8 Å². The van der Waals surface area contributed by atoms with Crippen LogP contribution < -0.4 is 20.5 Å². The number of unbranched alkanes of at least 4 members (excludes halogenated alkanes) is 9. The molecule has 0 aliphatic heterocycles. The molecule has 3 aromatic carbocycles. The van der Waals surface area contributed by atoms with E-state index in [0.29, 0.717) is 13.0 Å². The molecule has 324 valence electrons. The molecule has 2 heterocycles. The summed E-state index contributed by atoms with van der Waals surface area (Å²) in [5, 5.41) is 10.9. The number of aromatic nitrogens is 2. The van der Waals surface area contributed by atoms with Gasteiger partial charge in [-0.15, -0.1) is 0 Å². The van der Waals surface area contributed by atoms with Crippen LogP contribution in [0.4, 0.5) is 4.79 Å². The number of phosphoric ester groups is 1. The van der Waals surface area contributed by atoms with Crippen molar-refractivity contribution in [3.63, 3.8) is 0 Å². The standard InChI is InChI=1S/C45H59ClN5O8P/c1-45(2,3)58-44(54)51-40(29-33-31-49-38-24-16-13-21-35(33)38)43(53)50-39(28-32-30-48-37-23-15-12-20-34(32)37)42(52)47-26-18-10-8-6-4-5-7-9-11-19-27-57-60(55,56)59-41-25-17-14-22-36(41)46/h12-17,20-25,30-31,39-40,48-49H,4-11,18-19,26-29H2,1-3H3,(H,47,52)(H,50,53)(H,51,54)(H,55,56)/t39-,40-/m1/s1. The number of phosphoric acid groups is 1. The minimum absolute atomic E-state index is 0.112. The molecular weight excluding hydrogens is 805 g/mol. The SMILES string of the molecule is CC(C)(C)OC(=O)N[C@H](Cc1c[nH]c2ccccc12)C(=O)N[C@H](Cc1c[nH]c2ccccc12)C(=O)NCCCCCCCCCCCCOP(=O)(O)Oc1ccccc1Cl. The zero-order chi connectivity index (χ0) is 43.0. The number of halogens is 1. The fraction of sp³-hybridized carbons (Fsp3) is 0.444. The number of para-hydroxylation sites is 3. The van der Waals surface area contributed by atoms with Crippen molar-refractivity contribution in [2.45, 2.75) is 116 Å². The van der Waals surface area contributed by atoms with Gasteiger partial charge in [-0.25, -0.2) is 9.36 Å². The number of hydrogen-bond acceptors (Lipinski definition) is 7. The molecule has 2 aromatic heterocycles. The number of fused-ring (bicyclic) bond motifs is 2. The lowest BCUT2D eigenvalue weighted by Gasteiger charge is -2.25. The Labute approximate surface area is 357 Å². The van der Waals surface area contributed by atoms with E-state index in [1.165, 1.54) is 6.07 Å². The van der Waals surface area contributed by atoms with Gasteiger partial charge in [-0.2, -0.15) is 0 Å². The number of carbonyl (C=O) groups is 3. The molecule has 15 heteroatoms. The van der Waals surface area contributed by atoms with Gasteiger partial charge in [0, 0.05) is 53.6 Å². The highest BCUT2D eigenvalue weighted by Gasteiger charge is 2.30. The van der Waals surface area contributed by atoms with Crippen molar-refractivity contribution < 1.29 is 37.6 Å². The summed E-state index contributed by atoms with van der Waals surface area (Å²) in [5.74, 6) is -0.674. The number of hydrogen-bond donors (Lipinski definition) is 6. The molecule has 0 spiro atoms. The predicted octanol–water partition coefficient (Wildman–Crippen LogP) is 9.68. The first-order valence-electron chi connectivity index (χ1n) is 20.9. The second-order valence-electron chi connectivity index (χ2n) is 16.0. The van der Waals surface area contributed by atoms with Gasteiger partial charge < -0.3 is 35.2 Å². The maximum atomic E-state index is 14.1. The fourth-order valence-corrected chi connectivity index (χ4v) is 8.06. The fourth-order valence-electron chi connectivity index (χ4n) is 7.01. The Hall–Kier alpha value is -4.81. The number of nitrogens with one attached hydrogen (secondary N) is 5. The van der Waals surface area contributed by atoms with Gasteiger partial charge in [-0.3, -0.25) is 19.0 Å². The number of alkyl carbamates (subject to hydrolysis) is 1. The third-order valence-electron chi connectivity index (χ3n) is 10.0. The van der Waals surface area contributed by atoms with E-state index in [2.05, 4.69) is 25.9 Å². The van der Waals surface area contributed by atoms with E-state index in [1.54, 1.807) is 39.0 Å². The second kappa shape index (κ2) is 22.7. The van der Waals surface area contributed by atoms with Gasteiger partial charge in [-0.05, 0) is 69.0 Å². The molecule has 0 aliphatic rings. The summed E-state index contributed by atoms with van der Waals surface area (Å²) in [6, 6.07) is 20.1. The van der Waals surface area contributed by atoms with Crippen molar-refractivity contribution in [2.24, 2.45) is 0 Å². The number of aromatic amines is 2. The smallest absolute Gasteiger partial charge is 0.444 e. The van der Waals surface area contributed by atoms with Gasteiger partial charge >= 0.3 is 13.9 Å². The number of ether oxygens (including phenoxy) is 1. The van der Waals surface area contributed by atoms with Gasteiger partial charge in [0.1, 0.15) is 23.4 Å². The summed E-state index contributed by atoms with van der Waals surface area (Å²) in [6.07, 6.45) is 13.1. The average molecular weight is 864 g/mol. The van der Waals surface area contributed by atoms with Crippen LogP contribution in [0.15, 0.2) is 85.2 Å². The van der Waals surface area contributed by atoms with Crippen LogP contribution in [0, 0.1) is 0 Å². The number of benzene rings is 3. The van der Waals surface area contributed by atoms with Crippen LogP contribution in [-0.2, 0) is 36.3 Å². The minimum atomic E-state index is -4.23. The van der Waals surface area contributed by atoms with Gasteiger partial charge in [-0.1, -0.05) is 111 Å². The highest BCUT2D eigenvalue weighted by atomic mass is 35.5. The van der Waals surface area contributed by atoms with E-state index in [-0.39, 0.29) is 36.1 Å². The van der Waals surface area contributed by atoms with Crippen LogP contribution in [0.1, 0.15) is 96.1 Å². The first kappa shape index (κ1) is 46.3. The number of carbonyl (C=O) groups excluding carboxylic acids is 3. The Bertz CT molecular complexity index is 2200. The van der Waals surface area contributed by atoms with Crippen molar-refractivity contribution in [1.29, 1.82) is 0 Å². The van der Waals surface area contributed by atoms with Crippen LogP contribution in [0.3, 0.4) is 0 Å². The van der Waals surface area contributed by atoms with Gasteiger partial charge in [0.25, 0.3) is 0 Å². The summed E-state index contributed by atoms with van der Waals surface area (Å²) in [4.78, 5) is 57.3. The summed E-state index contributed by atoms with van der Waals surface area (Å²) >= 11 is 5.99. The van der Waals surface area contributed by atoms with E-state index in [1.807, 2.05) is 60.9 Å². The van der Waals surface area contributed by atoms with E-state index in [9.17, 15) is 23.8 Å². The third-order valence-corrected chi connectivity index (χ3v) is 11.3. The molecule has 3 atom stereocenters. The molecule has 3 amide bonds. The van der Waals surface area contributed by atoms with Gasteiger partial charge in [0.05, 0.1) is 11.6 Å². The molecule has 5 rings (SSSR count). The van der Waals surface area contributed by atoms with Gasteiger partial charge in [0.15, 0.2) is 0 Å². The zero-order valence-electron chi connectivity index (χ0n) is 34.8. The molecule has 1 unspecified atom stereocenters. The molecule has 0 radical (unpaired) electrons. The molecule has 0 saturated heterocycles. The Morgan fingerprint density at radius 1 is 0.700 bits per heavy atom. The lowest BCUT2D eigenvalue weighted by atomic mass is 10.0. The molecule has 0 aliphatic carbocycles. The normalized spacial score (nSPS) is 13.7. The van der Waals surface area contributed by atoms with Crippen molar-refractivity contribution in [3.05, 3.63) is 101 Å². The Morgan fingerprint density at radius 3 is 1.77 bits per heavy atom. The summed E-state index contributed by atoms with van der Waals surface area (Å²) < 4.78 is 27.9. The molecule has 6 N–H and O–H groups in total. The first-order valence-corrected chi connectivity index (χ1v) is 22.7. The Morgan fingerprint density at radius 2 is 1.20 bits per heavy atom. The average Bonchev–Trinajstić information content (AvgIpc) is 3.81. The molecule has 60 heavy (non-hydrogen) atoms. The lowest BCUT2D eigenvalue weighted by molar-refractivity contribution is -0.130. The van der Waals surface area contributed by atoms with Crippen LogP contribution in [0.2, 0.25) is 5.02 Å². The van der Waals surface area contributed by atoms with E-state index < -0.39 is 37.5 Å². The largest absolute Gasteiger partial charge is 0.527 e. The summed E-state index contributed by atoms with van der Waals surface area (Å²) in [7, 11) is -4.23. The van der Waals surface area contributed by atoms with Crippen molar-refractivity contribution >= 4 is 59.1 Å². The maximum absolute atomic E-state index is 14.1. The predicted molar refractivity (Wildman–Crippen MR) is 236 cm³/mol. The number of rotatable bonds is 24. The molecule has 0 bridgehead atoms. The monoisotopic (exact) mass is 863 g/mol. The third kappa shape index (κ3) is 15.0. The highest BCUT2D eigenvalue weighted by Crippen LogP contribution is 2.45. The quantitative estimate of drug-likeness (QED) is 0.0262. The van der Waals surface area contributed by atoms with Crippen molar-refractivity contribution in [1.82, 2.24) is 25.9 Å². The Kier molecular flexibility index (Phi) is 17.5. The van der Waals surface area contributed by atoms with Crippen LogP contribution in [0.5, 0.6) is 5.75 Å². The lowest BCUT2D eigenvalue weighted by Crippen LogP contribution is -2.55. The molecule has 5 aromatic rings. The molecule has 0 saturated carbocycles.